The number of hydrogen-bond donors (Lipinski definition) is 2. The van der Waals surface area contributed by atoms with Gasteiger partial charge >= 0.3 is 0 Å². The highest BCUT2D eigenvalue weighted by Crippen LogP contribution is 2.29. The lowest BCUT2D eigenvalue weighted by atomic mass is 10.1. The smallest absolute Gasteiger partial charge is 0.258 e. The highest BCUT2D eigenvalue weighted by molar-refractivity contribution is 7.91. The summed E-state index contributed by atoms with van der Waals surface area (Å²) >= 11 is 0. The zero-order valence-electron chi connectivity index (χ0n) is 14.7. The second-order valence-electron chi connectivity index (χ2n) is 6.65. The number of amides is 1. The zero-order chi connectivity index (χ0) is 19.3. The Morgan fingerprint density at radius 2 is 2.00 bits per heavy atom. The van der Waals surface area contributed by atoms with Crippen LogP contribution in [0, 0.1) is 19.7 Å². The lowest BCUT2D eigenvalue weighted by Gasteiger charge is -2.12. The van der Waals surface area contributed by atoms with Crippen LogP contribution in [0.3, 0.4) is 0 Å². The van der Waals surface area contributed by atoms with Crippen molar-refractivity contribution in [1.82, 2.24) is 25.2 Å². The number of aromatic amines is 1. The minimum absolute atomic E-state index is 0.0276. The molecule has 11 heteroatoms. The van der Waals surface area contributed by atoms with Crippen LogP contribution in [0.1, 0.15) is 34.2 Å². The van der Waals surface area contributed by atoms with Gasteiger partial charge in [-0.3, -0.25) is 9.48 Å². The molecule has 3 aromatic rings. The fraction of sp³-hybridized carbons (Fsp3) is 0.375. The average Bonchev–Trinajstić information content (AvgIpc) is 3.27. The maximum absolute atomic E-state index is 14.3. The summed E-state index contributed by atoms with van der Waals surface area (Å²) < 4.78 is 39.4. The zero-order valence-corrected chi connectivity index (χ0v) is 15.5. The van der Waals surface area contributed by atoms with Crippen molar-refractivity contribution >= 4 is 32.5 Å². The molecule has 0 spiro atoms. The highest BCUT2D eigenvalue weighted by atomic mass is 32.2. The molecule has 142 valence electrons. The SMILES string of the molecule is Cc1nn(C2CCS(=O)(=O)C2)c(C)c1NC(=O)c1cc2n[nH]nc2cc1F. The number of anilines is 1. The van der Waals surface area contributed by atoms with Gasteiger partial charge in [-0.05, 0) is 26.3 Å². The van der Waals surface area contributed by atoms with E-state index in [-0.39, 0.29) is 23.1 Å². The summed E-state index contributed by atoms with van der Waals surface area (Å²) in [5, 5.41) is 17.1. The van der Waals surface area contributed by atoms with Gasteiger partial charge in [-0.15, -0.1) is 0 Å². The number of aryl methyl sites for hydroxylation is 1. The number of sulfone groups is 1. The van der Waals surface area contributed by atoms with Gasteiger partial charge in [-0.1, -0.05) is 0 Å². The largest absolute Gasteiger partial charge is 0.319 e. The van der Waals surface area contributed by atoms with E-state index in [1.807, 2.05) is 0 Å². The number of halogens is 1. The molecule has 1 aliphatic heterocycles. The quantitative estimate of drug-likeness (QED) is 0.697. The monoisotopic (exact) mass is 392 g/mol. The molecule has 1 amide bonds. The Morgan fingerprint density at radius 3 is 2.67 bits per heavy atom. The summed E-state index contributed by atoms with van der Waals surface area (Å²) in [5.41, 5.74) is 2.16. The number of nitrogens with zero attached hydrogens (tertiary/aromatic N) is 4. The summed E-state index contributed by atoms with van der Waals surface area (Å²) in [6, 6.07) is 2.20. The van der Waals surface area contributed by atoms with Gasteiger partial charge in [-0.2, -0.15) is 20.5 Å². The molecule has 1 atom stereocenters. The van der Waals surface area contributed by atoms with Crippen molar-refractivity contribution in [1.29, 1.82) is 0 Å². The van der Waals surface area contributed by atoms with Gasteiger partial charge in [0.25, 0.3) is 5.91 Å². The van der Waals surface area contributed by atoms with Crippen LogP contribution in [-0.4, -0.2) is 51.0 Å². The molecule has 1 aromatic carbocycles. The van der Waals surface area contributed by atoms with Crippen LogP contribution in [0.2, 0.25) is 0 Å². The molecule has 2 N–H and O–H groups in total. The maximum atomic E-state index is 14.3. The number of aromatic nitrogens is 5. The number of fused-ring (bicyclic) bond motifs is 1. The number of carbonyl (C=O) groups is 1. The van der Waals surface area contributed by atoms with Crippen molar-refractivity contribution in [3.8, 4) is 0 Å². The van der Waals surface area contributed by atoms with Gasteiger partial charge in [-0.25, -0.2) is 12.8 Å². The fourth-order valence-electron chi connectivity index (χ4n) is 3.39. The number of H-pyrrole nitrogens is 1. The molecule has 3 heterocycles. The van der Waals surface area contributed by atoms with Crippen molar-refractivity contribution < 1.29 is 17.6 Å². The molecule has 2 aromatic heterocycles. The third-order valence-corrected chi connectivity index (χ3v) is 6.52. The fourth-order valence-corrected chi connectivity index (χ4v) is 5.08. The van der Waals surface area contributed by atoms with E-state index < -0.39 is 21.6 Å². The van der Waals surface area contributed by atoms with Gasteiger partial charge in [0, 0.05) is 6.07 Å². The molecule has 1 saturated heterocycles. The summed E-state index contributed by atoms with van der Waals surface area (Å²) in [6.07, 6.45) is 0.481. The Labute approximate surface area is 153 Å². The van der Waals surface area contributed by atoms with E-state index >= 15 is 0 Å². The molecule has 9 nitrogen and oxygen atoms in total. The molecule has 1 fully saturated rings. The van der Waals surface area contributed by atoms with Crippen LogP contribution in [0.4, 0.5) is 10.1 Å². The Kier molecular flexibility index (Phi) is 3.98. The first-order chi connectivity index (χ1) is 12.7. The third-order valence-electron chi connectivity index (χ3n) is 4.77. The van der Waals surface area contributed by atoms with E-state index in [0.29, 0.717) is 34.5 Å². The molecular formula is C16H17FN6O3S. The van der Waals surface area contributed by atoms with Gasteiger partial charge in [0.05, 0.1) is 40.2 Å². The van der Waals surface area contributed by atoms with Crippen LogP contribution in [-0.2, 0) is 9.84 Å². The van der Waals surface area contributed by atoms with E-state index in [9.17, 15) is 17.6 Å². The predicted molar refractivity (Wildman–Crippen MR) is 95.8 cm³/mol. The Morgan fingerprint density at radius 1 is 1.30 bits per heavy atom. The number of carbonyl (C=O) groups excluding carboxylic acids is 1. The number of benzene rings is 1. The lowest BCUT2D eigenvalue weighted by molar-refractivity contribution is 0.102. The molecule has 1 aliphatic rings. The highest BCUT2D eigenvalue weighted by Gasteiger charge is 2.32. The van der Waals surface area contributed by atoms with Crippen LogP contribution in [0.5, 0.6) is 0 Å². The van der Waals surface area contributed by atoms with Crippen molar-refractivity contribution in [3.05, 3.63) is 34.9 Å². The van der Waals surface area contributed by atoms with Crippen LogP contribution in [0.15, 0.2) is 12.1 Å². The second-order valence-corrected chi connectivity index (χ2v) is 8.87. The number of rotatable bonds is 3. The normalized spacial score (nSPS) is 18.9. The topological polar surface area (TPSA) is 123 Å². The lowest BCUT2D eigenvalue weighted by Crippen LogP contribution is -2.16. The predicted octanol–water partition coefficient (Wildman–Crippen LogP) is 1.52. The van der Waals surface area contributed by atoms with E-state index in [2.05, 4.69) is 25.8 Å². The van der Waals surface area contributed by atoms with Crippen molar-refractivity contribution in [2.45, 2.75) is 26.3 Å². The average molecular weight is 392 g/mol. The molecular weight excluding hydrogens is 375 g/mol. The van der Waals surface area contributed by atoms with E-state index in [1.165, 1.54) is 6.07 Å². The van der Waals surface area contributed by atoms with E-state index in [1.54, 1.807) is 18.5 Å². The van der Waals surface area contributed by atoms with Crippen molar-refractivity contribution in [3.63, 3.8) is 0 Å². The molecule has 1 unspecified atom stereocenters. The minimum atomic E-state index is -3.06. The van der Waals surface area contributed by atoms with Gasteiger partial charge < -0.3 is 5.32 Å². The van der Waals surface area contributed by atoms with Crippen LogP contribution in [0.25, 0.3) is 11.0 Å². The van der Waals surface area contributed by atoms with Gasteiger partial charge in [0.2, 0.25) is 0 Å². The van der Waals surface area contributed by atoms with Gasteiger partial charge in [0.15, 0.2) is 9.84 Å². The first kappa shape index (κ1) is 17.6. The minimum Gasteiger partial charge on any atom is -0.319 e. The molecule has 0 bridgehead atoms. The van der Waals surface area contributed by atoms with Gasteiger partial charge in [0.1, 0.15) is 16.9 Å². The van der Waals surface area contributed by atoms with E-state index in [0.717, 1.165) is 6.07 Å². The second kappa shape index (κ2) is 6.12. The first-order valence-corrected chi connectivity index (χ1v) is 10.1. The Balaban J connectivity index is 1.64. The standard InChI is InChI=1S/C16H17FN6O3S/c1-8-15(9(2)23(21-8)10-3-4-27(25,26)7-10)18-16(24)11-5-13-14(6-12(11)17)20-22-19-13/h5-6,10H,3-4,7H2,1-2H3,(H,18,24)(H,19,20,22). The summed E-state index contributed by atoms with van der Waals surface area (Å²) in [7, 11) is -3.06. The van der Waals surface area contributed by atoms with E-state index in [4.69, 9.17) is 0 Å². The first-order valence-electron chi connectivity index (χ1n) is 8.32. The molecule has 4 rings (SSSR count). The Hall–Kier alpha value is -2.82. The maximum Gasteiger partial charge on any atom is 0.258 e. The number of hydrogen-bond acceptors (Lipinski definition) is 6. The third kappa shape index (κ3) is 3.07. The van der Waals surface area contributed by atoms with Crippen LogP contribution >= 0.6 is 0 Å². The molecule has 0 saturated carbocycles. The van der Waals surface area contributed by atoms with Crippen molar-refractivity contribution in [2.24, 2.45) is 0 Å². The molecule has 0 aliphatic carbocycles. The van der Waals surface area contributed by atoms with Crippen molar-refractivity contribution in [2.75, 3.05) is 16.8 Å². The van der Waals surface area contributed by atoms with Crippen LogP contribution < -0.4 is 5.32 Å². The summed E-state index contributed by atoms with van der Waals surface area (Å²) in [4.78, 5) is 12.6. The molecule has 0 radical (unpaired) electrons. The summed E-state index contributed by atoms with van der Waals surface area (Å²) in [6.45, 7) is 3.46. The Bertz CT molecular complexity index is 1170. The summed E-state index contributed by atoms with van der Waals surface area (Å²) in [5.74, 6) is -1.19. The number of nitrogens with one attached hydrogen (secondary N) is 2. The molecule has 27 heavy (non-hydrogen) atoms.